The van der Waals surface area contributed by atoms with Gasteiger partial charge >= 0.3 is 0 Å². The fourth-order valence-electron chi connectivity index (χ4n) is 2.32. The van der Waals surface area contributed by atoms with E-state index in [-0.39, 0.29) is 23.5 Å². The Hall–Kier alpha value is -1.56. The molecule has 0 saturated carbocycles. The maximum atomic E-state index is 12.4. The van der Waals surface area contributed by atoms with Gasteiger partial charge in [0.1, 0.15) is 0 Å². The molecule has 2 N–H and O–H groups in total. The molecule has 0 aliphatic carbocycles. The van der Waals surface area contributed by atoms with Crippen molar-refractivity contribution in [2.24, 2.45) is 0 Å². The van der Waals surface area contributed by atoms with Crippen molar-refractivity contribution < 1.29 is 13.2 Å². The number of sulfone groups is 1. The monoisotopic (exact) mass is 282 g/mol. The first-order chi connectivity index (χ1) is 8.82. The molecule has 1 atom stereocenters. The second-order valence-corrected chi connectivity index (χ2v) is 7.22. The van der Waals surface area contributed by atoms with Crippen molar-refractivity contribution in [2.75, 3.05) is 24.3 Å². The van der Waals surface area contributed by atoms with Crippen LogP contribution in [0.5, 0.6) is 0 Å². The third-order valence-electron chi connectivity index (χ3n) is 3.68. The van der Waals surface area contributed by atoms with Crippen molar-refractivity contribution in [3.8, 4) is 0 Å². The molecule has 1 aliphatic rings. The zero-order chi connectivity index (χ0) is 14.2. The van der Waals surface area contributed by atoms with E-state index in [1.807, 2.05) is 0 Å². The number of hydrogen-bond donors (Lipinski definition) is 1. The number of anilines is 1. The zero-order valence-electron chi connectivity index (χ0n) is 11.1. The van der Waals surface area contributed by atoms with Gasteiger partial charge in [0.15, 0.2) is 9.84 Å². The number of nitrogens with two attached hydrogens (primary N) is 1. The standard InChI is InChI=1S/C13H18N2O3S/c1-9-11(4-3-5-12(9)14)13(16)15(2)10-6-7-19(17,18)8-10/h3-5,10H,6-8,14H2,1-2H3. The molecule has 2 rings (SSSR count). The number of benzene rings is 1. The summed E-state index contributed by atoms with van der Waals surface area (Å²) in [6, 6.07) is 4.95. The third-order valence-corrected chi connectivity index (χ3v) is 5.43. The highest BCUT2D eigenvalue weighted by Crippen LogP contribution is 2.21. The second-order valence-electron chi connectivity index (χ2n) is 4.99. The highest BCUT2D eigenvalue weighted by molar-refractivity contribution is 7.91. The Balaban J connectivity index is 2.23. The summed E-state index contributed by atoms with van der Waals surface area (Å²) in [7, 11) is -1.34. The van der Waals surface area contributed by atoms with Gasteiger partial charge in [-0.1, -0.05) is 6.07 Å². The first-order valence-corrected chi connectivity index (χ1v) is 7.96. The van der Waals surface area contributed by atoms with Crippen LogP contribution in [-0.4, -0.2) is 43.8 Å². The summed E-state index contributed by atoms with van der Waals surface area (Å²) in [6.45, 7) is 1.79. The van der Waals surface area contributed by atoms with Gasteiger partial charge in [0.2, 0.25) is 0 Å². The van der Waals surface area contributed by atoms with Crippen molar-refractivity contribution in [2.45, 2.75) is 19.4 Å². The van der Waals surface area contributed by atoms with Crippen molar-refractivity contribution >= 4 is 21.4 Å². The van der Waals surface area contributed by atoms with E-state index in [4.69, 9.17) is 5.73 Å². The van der Waals surface area contributed by atoms with E-state index in [1.165, 1.54) is 4.90 Å². The largest absolute Gasteiger partial charge is 0.398 e. The van der Waals surface area contributed by atoms with Gasteiger partial charge in [0.25, 0.3) is 5.91 Å². The molecule has 1 saturated heterocycles. The molecule has 1 fully saturated rings. The van der Waals surface area contributed by atoms with Gasteiger partial charge in [-0.15, -0.1) is 0 Å². The Kier molecular flexibility index (Phi) is 3.54. The van der Waals surface area contributed by atoms with Gasteiger partial charge in [0, 0.05) is 24.3 Å². The van der Waals surface area contributed by atoms with Gasteiger partial charge in [-0.25, -0.2) is 8.42 Å². The van der Waals surface area contributed by atoms with E-state index in [1.54, 1.807) is 32.2 Å². The smallest absolute Gasteiger partial charge is 0.254 e. The van der Waals surface area contributed by atoms with Crippen LogP contribution in [0.25, 0.3) is 0 Å². The zero-order valence-corrected chi connectivity index (χ0v) is 11.9. The Morgan fingerprint density at radius 2 is 2.11 bits per heavy atom. The summed E-state index contributed by atoms with van der Waals surface area (Å²) >= 11 is 0. The van der Waals surface area contributed by atoms with Crippen molar-refractivity contribution in [3.63, 3.8) is 0 Å². The Bertz CT molecular complexity index is 610. The molecule has 0 radical (unpaired) electrons. The van der Waals surface area contributed by atoms with Crippen molar-refractivity contribution in [1.29, 1.82) is 0 Å². The maximum Gasteiger partial charge on any atom is 0.254 e. The minimum absolute atomic E-state index is 0.0522. The summed E-state index contributed by atoms with van der Waals surface area (Å²) in [6.07, 6.45) is 0.506. The van der Waals surface area contributed by atoms with Crippen LogP contribution in [0, 0.1) is 6.92 Å². The minimum atomic E-state index is -2.99. The lowest BCUT2D eigenvalue weighted by molar-refractivity contribution is 0.0747. The first-order valence-electron chi connectivity index (χ1n) is 6.14. The number of carbonyl (C=O) groups excluding carboxylic acids is 1. The lowest BCUT2D eigenvalue weighted by Crippen LogP contribution is -2.38. The van der Waals surface area contributed by atoms with Crippen molar-refractivity contribution in [1.82, 2.24) is 4.90 Å². The normalized spacial score (nSPS) is 21.3. The quantitative estimate of drug-likeness (QED) is 0.815. The Morgan fingerprint density at radius 3 is 2.68 bits per heavy atom. The first kappa shape index (κ1) is 13.9. The summed E-state index contributed by atoms with van der Waals surface area (Å²) < 4.78 is 22.9. The molecule has 0 aromatic heterocycles. The molecule has 5 nitrogen and oxygen atoms in total. The highest BCUT2D eigenvalue weighted by atomic mass is 32.2. The predicted octanol–water partition coefficient (Wildman–Crippen LogP) is 0.836. The molecule has 19 heavy (non-hydrogen) atoms. The van der Waals surface area contributed by atoms with Gasteiger partial charge in [-0.3, -0.25) is 4.79 Å². The summed E-state index contributed by atoms with van der Waals surface area (Å²) in [4.78, 5) is 13.9. The third kappa shape index (κ3) is 2.73. The van der Waals surface area contributed by atoms with Crippen LogP contribution in [-0.2, 0) is 9.84 Å². The number of amides is 1. The van der Waals surface area contributed by atoms with Crippen LogP contribution in [0.4, 0.5) is 5.69 Å². The van der Waals surface area contributed by atoms with E-state index < -0.39 is 9.84 Å². The van der Waals surface area contributed by atoms with Crippen molar-refractivity contribution in [3.05, 3.63) is 29.3 Å². The molecule has 104 valence electrons. The van der Waals surface area contributed by atoms with Crippen LogP contribution in [0.3, 0.4) is 0 Å². The second kappa shape index (κ2) is 4.85. The summed E-state index contributed by atoms with van der Waals surface area (Å²) in [5.41, 5.74) is 7.63. The molecule has 1 aliphatic heterocycles. The molecule has 0 bridgehead atoms. The van der Waals surface area contributed by atoms with Gasteiger partial charge in [0.05, 0.1) is 11.5 Å². The number of carbonyl (C=O) groups is 1. The lowest BCUT2D eigenvalue weighted by atomic mass is 10.0. The topological polar surface area (TPSA) is 80.5 Å². The van der Waals surface area contributed by atoms with Gasteiger partial charge in [-0.2, -0.15) is 0 Å². The number of nitrogen functional groups attached to an aromatic ring is 1. The molecule has 1 aromatic carbocycles. The molecule has 1 amide bonds. The molecule has 6 heteroatoms. The molecule has 1 unspecified atom stereocenters. The predicted molar refractivity (Wildman–Crippen MR) is 74.7 cm³/mol. The maximum absolute atomic E-state index is 12.4. The average Bonchev–Trinajstić information content (AvgIpc) is 2.71. The van der Waals surface area contributed by atoms with E-state index in [2.05, 4.69) is 0 Å². The highest BCUT2D eigenvalue weighted by Gasteiger charge is 2.33. The average molecular weight is 282 g/mol. The lowest BCUT2D eigenvalue weighted by Gasteiger charge is -2.24. The minimum Gasteiger partial charge on any atom is -0.398 e. The molecular formula is C13H18N2O3S. The van der Waals surface area contributed by atoms with E-state index in [9.17, 15) is 13.2 Å². The van der Waals surface area contributed by atoms with Crippen LogP contribution in [0.15, 0.2) is 18.2 Å². The summed E-state index contributed by atoms with van der Waals surface area (Å²) in [5, 5.41) is 0. The molecule has 1 heterocycles. The van der Waals surface area contributed by atoms with Crippen LogP contribution in [0.1, 0.15) is 22.3 Å². The molecular weight excluding hydrogens is 264 g/mol. The Labute approximate surface area is 113 Å². The van der Waals surface area contributed by atoms with E-state index in [0.717, 1.165) is 5.56 Å². The fraction of sp³-hybridized carbons (Fsp3) is 0.462. The molecule has 1 aromatic rings. The summed E-state index contributed by atoms with van der Waals surface area (Å²) in [5.74, 6) is 0.0360. The Morgan fingerprint density at radius 1 is 1.42 bits per heavy atom. The van der Waals surface area contributed by atoms with Gasteiger partial charge < -0.3 is 10.6 Å². The number of nitrogens with zero attached hydrogens (tertiary/aromatic N) is 1. The van der Waals surface area contributed by atoms with E-state index >= 15 is 0 Å². The number of hydrogen-bond acceptors (Lipinski definition) is 4. The van der Waals surface area contributed by atoms with E-state index in [0.29, 0.717) is 17.7 Å². The number of rotatable bonds is 2. The SMILES string of the molecule is Cc1c(N)cccc1C(=O)N(C)C1CCS(=O)(=O)C1. The fourth-order valence-corrected chi connectivity index (χ4v) is 4.10. The molecule has 0 spiro atoms. The van der Waals surface area contributed by atoms with Crippen LogP contribution in [0.2, 0.25) is 0 Å². The van der Waals surface area contributed by atoms with Gasteiger partial charge in [-0.05, 0) is 31.0 Å². The van der Waals surface area contributed by atoms with Crippen LogP contribution >= 0.6 is 0 Å². The van der Waals surface area contributed by atoms with Crippen LogP contribution < -0.4 is 5.73 Å².